The molecule has 10 heteroatoms. The first-order valence-corrected chi connectivity index (χ1v) is 11.7. The van der Waals surface area contributed by atoms with E-state index in [1.165, 1.54) is 10.9 Å². The Labute approximate surface area is 205 Å². The number of rotatable bonds is 7. The third-order valence-corrected chi connectivity index (χ3v) is 6.03. The number of carbonyl (C=O) groups is 1. The summed E-state index contributed by atoms with van der Waals surface area (Å²) in [6.07, 6.45) is 3.06. The number of nitrogens with one attached hydrogen (secondary N) is 1. The van der Waals surface area contributed by atoms with Gasteiger partial charge in [-0.25, -0.2) is 4.98 Å². The molecule has 0 aliphatic rings. The number of aryl methyl sites for hydroxylation is 2. The van der Waals surface area contributed by atoms with Crippen molar-refractivity contribution >= 4 is 45.1 Å². The number of nitrogens with zero attached hydrogens (tertiary/aromatic N) is 5. The topological polar surface area (TPSA) is 108 Å². The van der Waals surface area contributed by atoms with Crippen LogP contribution in [0.2, 0.25) is 5.02 Å². The molecule has 3 heterocycles. The van der Waals surface area contributed by atoms with Crippen LogP contribution in [-0.4, -0.2) is 30.2 Å². The van der Waals surface area contributed by atoms with Gasteiger partial charge in [-0.1, -0.05) is 47.9 Å². The molecule has 0 unspecified atom stereocenters. The van der Waals surface area contributed by atoms with Crippen molar-refractivity contribution in [2.75, 3.05) is 5.32 Å². The summed E-state index contributed by atoms with van der Waals surface area (Å²) in [5, 5.41) is 8.17. The van der Waals surface area contributed by atoms with Crippen molar-refractivity contribution in [3.05, 3.63) is 81.4 Å². The highest BCUT2D eigenvalue weighted by Gasteiger charge is 2.19. The largest absolute Gasteiger partial charge is 0.337 e. The van der Waals surface area contributed by atoms with Crippen LogP contribution in [0.3, 0.4) is 0 Å². The Kier molecular flexibility index (Phi) is 6.08. The maximum absolute atomic E-state index is 13.6. The molecule has 0 fully saturated rings. The highest BCUT2D eigenvalue weighted by Crippen LogP contribution is 2.26. The Morgan fingerprint density at radius 1 is 1.20 bits per heavy atom. The second kappa shape index (κ2) is 9.34. The molecule has 0 aliphatic carbocycles. The molecular formula is C25H23ClN6O3. The van der Waals surface area contributed by atoms with Crippen LogP contribution >= 0.6 is 11.6 Å². The molecule has 0 radical (unpaired) electrons. The molecule has 5 rings (SSSR count). The van der Waals surface area contributed by atoms with Crippen LogP contribution in [-0.2, 0) is 24.3 Å². The number of fused-ring (bicyclic) bond motifs is 3. The summed E-state index contributed by atoms with van der Waals surface area (Å²) in [6, 6.07) is 12.8. The number of carbonyl (C=O) groups excluding carboxylic acids is 1. The van der Waals surface area contributed by atoms with Crippen LogP contribution in [0.15, 0.2) is 58.1 Å². The van der Waals surface area contributed by atoms with E-state index in [9.17, 15) is 9.59 Å². The first-order chi connectivity index (χ1) is 16.9. The van der Waals surface area contributed by atoms with Crippen molar-refractivity contribution in [2.24, 2.45) is 0 Å². The molecule has 0 aliphatic heterocycles. The van der Waals surface area contributed by atoms with Crippen molar-refractivity contribution in [3.63, 3.8) is 0 Å². The predicted octanol–water partition coefficient (Wildman–Crippen LogP) is 4.34. The van der Waals surface area contributed by atoms with Crippen molar-refractivity contribution in [3.8, 4) is 0 Å². The van der Waals surface area contributed by atoms with Gasteiger partial charge < -0.3 is 14.4 Å². The van der Waals surface area contributed by atoms with E-state index in [0.29, 0.717) is 39.9 Å². The highest BCUT2D eigenvalue weighted by molar-refractivity contribution is 6.31. The Morgan fingerprint density at radius 3 is 2.86 bits per heavy atom. The van der Waals surface area contributed by atoms with Gasteiger partial charge >= 0.3 is 0 Å². The molecule has 0 saturated carbocycles. The molecular weight excluding hydrogens is 468 g/mol. The third-order valence-electron chi connectivity index (χ3n) is 5.80. The quantitative estimate of drug-likeness (QED) is 0.363. The molecule has 178 valence electrons. The van der Waals surface area contributed by atoms with Crippen molar-refractivity contribution in [1.82, 2.24) is 24.3 Å². The van der Waals surface area contributed by atoms with E-state index in [1.54, 1.807) is 16.7 Å². The molecule has 1 amide bonds. The summed E-state index contributed by atoms with van der Waals surface area (Å²) in [6.45, 7) is 3.94. The number of anilines is 1. The van der Waals surface area contributed by atoms with Gasteiger partial charge in [0.25, 0.3) is 5.56 Å². The fourth-order valence-electron chi connectivity index (χ4n) is 4.11. The SMILES string of the molecule is CCCc1noc(Cn2cnc3c4ccccc4n(CC(=O)Nc4cc(Cl)ccc4C)c3c2=O)n1. The van der Waals surface area contributed by atoms with Crippen LogP contribution < -0.4 is 10.9 Å². The van der Waals surface area contributed by atoms with Crippen molar-refractivity contribution in [1.29, 1.82) is 0 Å². The molecule has 0 saturated heterocycles. The number of aromatic nitrogens is 5. The highest BCUT2D eigenvalue weighted by atomic mass is 35.5. The van der Waals surface area contributed by atoms with Crippen LogP contribution in [0.1, 0.15) is 30.6 Å². The number of hydrogen-bond acceptors (Lipinski definition) is 6. The molecule has 0 bridgehead atoms. The summed E-state index contributed by atoms with van der Waals surface area (Å²) < 4.78 is 8.41. The van der Waals surface area contributed by atoms with Gasteiger partial charge in [0, 0.05) is 22.5 Å². The molecule has 5 aromatic rings. The zero-order valence-electron chi connectivity index (χ0n) is 19.3. The third kappa shape index (κ3) is 4.42. The minimum Gasteiger partial charge on any atom is -0.337 e. The van der Waals surface area contributed by atoms with Gasteiger partial charge in [-0.2, -0.15) is 4.98 Å². The fraction of sp³-hybridized carbons (Fsp3) is 0.240. The predicted molar refractivity (Wildman–Crippen MR) is 134 cm³/mol. The number of hydrogen-bond donors (Lipinski definition) is 1. The zero-order chi connectivity index (χ0) is 24.5. The Bertz CT molecular complexity index is 1620. The monoisotopic (exact) mass is 490 g/mol. The smallest absolute Gasteiger partial charge is 0.278 e. The van der Waals surface area contributed by atoms with Crippen LogP contribution in [0.4, 0.5) is 5.69 Å². The second-order valence-corrected chi connectivity index (χ2v) is 8.78. The molecule has 2 aromatic carbocycles. The van der Waals surface area contributed by atoms with E-state index in [1.807, 2.05) is 44.2 Å². The van der Waals surface area contributed by atoms with Gasteiger partial charge in [0.15, 0.2) is 5.82 Å². The van der Waals surface area contributed by atoms with E-state index < -0.39 is 0 Å². The van der Waals surface area contributed by atoms with Gasteiger partial charge in [0.2, 0.25) is 11.8 Å². The first-order valence-electron chi connectivity index (χ1n) is 11.3. The van der Waals surface area contributed by atoms with E-state index in [4.69, 9.17) is 16.1 Å². The number of halogens is 1. The van der Waals surface area contributed by atoms with Crippen LogP contribution in [0, 0.1) is 6.92 Å². The standard InChI is InChI=1S/C25H23ClN6O3/c1-3-6-20-29-22(35-30-20)13-31-14-27-23-17-7-4-5-8-19(17)32(24(23)25(31)34)12-21(33)28-18-11-16(26)10-9-15(18)2/h4-5,7-11,14H,3,6,12-13H2,1-2H3,(H,28,33). The summed E-state index contributed by atoms with van der Waals surface area (Å²) in [7, 11) is 0. The fourth-order valence-corrected chi connectivity index (χ4v) is 4.28. The minimum atomic E-state index is -0.298. The lowest BCUT2D eigenvalue weighted by Crippen LogP contribution is -2.25. The van der Waals surface area contributed by atoms with E-state index >= 15 is 0 Å². The van der Waals surface area contributed by atoms with E-state index in [-0.39, 0.29) is 24.6 Å². The van der Waals surface area contributed by atoms with Crippen molar-refractivity contribution in [2.45, 2.75) is 39.8 Å². The summed E-state index contributed by atoms with van der Waals surface area (Å²) in [4.78, 5) is 35.5. The summed E-state index contributed by atoms with van der Waals surface area (Å²) in [5.41, 5.74) is 2.82. The summed E-state index contributed by atoms with van der Waals surface area (Å²) >= 11 is 6.10. The zero-order valence-corrected chi connectivity index (χ0v) is 20.0. The first kappa shape index (κ1) is 22.8. The van der Waals surface area contributed by atoms with Gasteiger partial charge in [0.05, 0.1) is 11.8 Å². The average Bonchev–Trinajstić information content (AvgIpc) is 3.41. The summed E-state index contributed by atoms with van der Waals surface area (Å²) in [5.74, 6) is 0.647. The molecule has 35 heavy (non-hydrogen) atoms. The number of benzene rings is 2. The maximum atomic E-state index is 13.6. The molecule has 0 spiro atoms. The molecule has 3 aromatic heterocycles. The Morgan fingerprint density at radius 2 is 2.03 bits per heavy atom. The average molecular weight is 491 g/mol. The van der Waals surface area contributed by atoms with Crippen LogP contribution in [0.25, 0.3) is 21.9 Å². The van der Waals surface area contributed by atoms with Crippen molar-refractivity contribution < 1.29 is 9.32 Å². The second-order valence-electron chi connectivity index (χ2n) is 8.34. The Hall–Kier alpha value is -3.98. The number of amides is 1. The lowest BCUT2D eigenvalue weighted by Gasteiger charge is -2.11. The van der Waals surface area contributed by atoms with Gasteiger partial charge in [0.1, 0.15) is 24.1 Å². The van der Waals surface area contributed by atoms with E-state index in [2.05, 4.69) is 20.4 Å². The lowest BCUT2D eigenvalue weighted by molar-refractivity contribution is -0.116. The molecule has 1 N–H and O–H groups in total. The van der Waals surface area contributed by atoms with Gasteiger partial charge in [-0.15, -0.1) is 0 Å². The normalized spacial score (nSPS) is 11.4. The van der Waals surface area contributed by atoms with Crippen LogP contribution in [0.5, 0.6) is 0 Å². The van der Waals surface area contributed by atoms with Gasteiger partial charge in [-0.3, -0.25) is 14.2 Å². The molecule has 0 atom stereocenters. The lowest BCUT2D eigenvalue weighted by atomic mass is 10.2. The number of para-hydroxylation sites is 1. The Balaban J connectivity index is 1.54. The maximum Gasteiger partial charge on any atom is 0.278 e. The minimum absolute atomic E-state index is 0.0713. The van der Waals surface area contributed by atoms with Gasteiger partial charge in [-0.05, 0) is 37.1 Å². The molecule has 9 nitrogen and oxygen atoms in total. The van der Waals surface area contributed by atoms with E-state index in [0.717, 1.165) is 22.9 Å².